The molecule has 0 aliphatic rings. The van der Waals surface area contributed by atoms with Crippen LogP contribution in [-0.4, -0.2) is 0 Å². The van der Waals surface area contributed by atoms with Gasteiger partial charge in [-0.3, -0.25) is 0 Å². The molecule has 0 fully saturated rings. The number of furan rings is 2. The van der Waals surface area contributed by atoms with E-state index in [-0.39, 0.29) is 0 Å². The maximum absolute atomic E-state index is 6.37. The molecule has 0 saturated heterocycles. The summed E-state index contributed by atoms with van der Waals surface area (Å²) in [6, 6.07) is 93.0. The summed E-state index contributed by atoms with van der Waals surface area (Å²) < 4.78 is 12.7. The number of benzene rings is 11. The summed E-state index contributed by atoms with van der Waals surface area (Å²) in [6.45, 7) is 0. The van der Waals surface area contributed by atoms with Gasteiger partial charge in [0, 0.05) is 49.7 Å². The third-order valence-electron chi connectivity index (χ3n) is 13.6. The Morgan fingerprint density at radius 2 is 0.478 bits per heavy atom. The number of nitrogens with zero attached hydrogens (tertiary/aromatic N) is 1. The van der Waals surface area contributed by atoms with Gasteiger partial charge in [-0.15, -0.1) is 0 Å². The van der Waals surface area contributed by atoms with E-state index in [1.54, 1.807) is 0 Å². The molecule has 0 spiro atoms. The van der Waals surface area contributed by atoms with E-state index < -0.39 is 0 Å². The number of para-hydroxylation sites is 4. The Labute approximate surface area is 400 Å². The van der Waals surface area contributed by atoms with Crippen LogP contribution in [0.1, 0.15) is 0 Å². The molecule has 0 saturated carbocycles. The third-order valence-corrected chi connectivity index (χ3v) is 13.6. The maximum atomic E-state index is 6.37. The van der Waals surface area contributed by atoms with Crippen molar-refractivity contribution in [2.24, 2.45) is 0 Å². The number of fused-ring (bicyclic) bond motifs is 6. The van der Waals surface area contributed by atoms with Crippen LogP contribution in [0.3, 0.4) is 0 Å². The average molecular weight is 882 g/mol. The van der Waals surface area contributed by atoms with E-state index in [0.717, 1.165) is 105 Å². The van der Waals surface area contributed by atoms with Crippen LogP contribution in [0.5, 0.6) is 0 Å². The standard InChI is InChI=1S/C66H43NO2/c1-2-10-44(11-3-1)45-20-22-46(23-21-45)49-32-38-54(39-33-49)67(55-40-34-50(35-41-55)47-24-28-52(29-25-47)57-14-8-16-61-59-12-4-6-18-63(59)68-65(57)61)56-42-36-51(37-43-56)48-26-30-53(31-27-48)58-15-9-17-62-60-13-5-7-19-64(60)69-66(58)62/h1-43H. The first-order valence-electron chi connectivity index (χ1n) is 23.5. The van der Waals surface area contributed by atoms with Gasteiger partial charge < -0.3 is 13.7 Å². The van der Waals surface area contributed by atoms with Gasteiger partial charge in [-0.25, -0.2) is 0 Å². The van der Waals surface area contributed by atoms with E-state index in [4.69, 9.17) is 8.83 Å². The van der Waals surface area contributed by atoms with Gasteiger partial charge in [0.15, 0.2) is 0 Å². The quantitative estimate of drug-likeness (QED) is 0.145. The summed E-state index contributed by atoms with van der Waals surface area (Å²) in [6.07, 6.45) is 0. The van der Waals surface area contributed by atoms with Crippen LogP contribution in [0.25, 0.3) is 111 Å². The topological polar surface area (TPSA) is 29.5 Å². The molecule has 3 heteroatoms. The van der Waals surface area contributed by atoms with Crippen molar-refractivity contribution in [3.05, 3.63) is 261 Å². The summed E-state index contributed by atoms with van der Waals surface area (Å²) in [5, 5.41) is 4.55. The van der Waals surface area contributed by atoms with E-state index in [0.29, 0.717) is 0 Å². The molecule has 2 heterocycles. The maximum Gasteiger partial charge on any atom is 0.143 e. The van der Waals surface area contributed by atoms with E-state index >= 15 is 0 Å². The first-order valence-corrected chi connectivity index (χ1v) is 23.5. The molecule has 3 nitrogen and oxygen atoms in total. The molecule has 0 bridgehead atoms. The summed E-state index contributed by atoms with van der Waals surface area (Å²) in [5.74, 6) is 0. The SMILES string of the molecule is c1ccc(-c2ccc(-c3ccc(N(c4ccc(-c5ccc(-c6cccc7c6oc6ccccc67)cc5)cc4)c4ccc(-c5ccc(-c6cccc7c6oc6ccccc67)cc5)cc4)cc3)cc2)cc1. The zero-order valence-corrected chi connectivity index (χ0v) is 37.6. The highest BCUT2D eigenvalue weighted by Gasteiger charge is 2.17. The minimum Gasteiger partial charge on any atom is -0.455 e. The number of hydrogen-bond acceptors (Lipinski definition) is 3. The summed E-state index contributed by atoms with van der Waals surface area (Å²) in [7, 11) is 0. The molecule has 0 unspecified atom stereocenters. The number of rotatable bonds is 9. The molecule has 0 atom stereocenters. The fourth-order valence-electron chi connectivity index (χ4n) is 9.98. The van der Waals surface area contributed by atoms with Crippen molar-refractivity contribution in [3.8, 4) is 66.8 Å². The minimum atomic E-state index is 0.908. The minimum absolute atomic E-state index is 0.908. The van der Waals surface area contributed by atoms with Crippen LogP contribution < -0.4 is 4.90 Å². The Morgan fingerprint density at radius 3 is 0.841 bits per heavy atom. The molecule has 13 rings (SSSR count). The van der Waals surface area contributed by atoms with Gasteiger partial charge in [0.25, 0.3) is 0 Å². The Bertz CT molecular complexity index is 3740. The van der Waals surface area contributed by atoms with E-state index in [9.17, 15) is 0 Å². The fourth-order valence-corrected chi connectivity index (χ4v) is 9.98. The molecule has 69 heavy (non-hydrogen) atoms. The molecule has 0 aliphatic heterocycles. The molecule has 13 aromatic rings. The van der Waals surface area contributed by atoms with Gasteiger partial charge in [0.2, 0.25) is 0 Å². The number of hydrogen-bond donors (Lipinski definition) is 0. The molecule has 2 aromatic heterocycles. The van der Waals surface area contributed by atoms with Gasteiger partial charge in [0.1, 0.15) is 22.3 Å². The lowest BCUT2D eigenvalue weighted by atomic mass is 9.98. The molecular formula is C66H43NO2. The van der Waals surface area contributed by atoms with Crippen molar-refractivity contribution in [1.29, 1.82) is 0 Å². The average Bonchev–Trinajstić information content (AvgIpc) is 4.01. The van der Waals surface area contributed by atoms with Gasteiger partial charge in [-0.1, -0.05) is 212 Å². The molecule has 0 N–H and O–H groups in total. The molecule has 11 aromatic carbocycles. The molecule has 0 radical (unpaired) electrons. The van der Waals surface area contributed by atoms with Crippen LogP contribution in [0.4, 0.5) is 17.1 Å². The normalized spacial score (nSPS) is 11.5. The Balaban J connectivity index is 0.807. The van der Waals surface area contributed by atoms with Crippen molar-refractivity contribution in [3.63, 3.8) is 0 Å². The van der Waals surface area contributed by atoms with Gasteiger partial charge in [-0.05, 0) is 104 Å². The monoisotopic (exact) mass is 881 g/mol. The lowest BCUT2D eigenvalue weighted by Crippen LogP contribution is -2.09. The summed E-state index contributed by atoms with van der Waals surface area (Å²) in [5.41, 5.74) is 20.7. The van der Waals surface area contributed by atoms with Crippen LogP contribution >= 0.6 is 0 Å². The highest BCUT2D eigenvalue weighted by molar-refractivity contribution is 6.10. The van der Waals surface area contributed by atoms with Gasteiger partial charge in [0.05, 0.1) is 0 Å². The first-order chi connectivity index (χ1) is 34.2. The van der Waals surface area contributed by atoms with Crippen molar-refractivity contribution in [2.45, 2.75) is 0 Å². The molecular weight excluding hydrogens is 839 g/mol. The second-order valence-electron chi connectivity index (χ2n) is 17.6. The van der Waals surface area contributed by atoms with E-state index in [2.05, 4.69) is 241 Å². The summed E-state index contributed by atoms with van der Waals surface area (Å²) in [4.78, 5) is 2.34. The lowest BCUT2D eigenvalue weighted by Gasteiger charge is -2.26. The fraction of sp³-hybridized carbons (Fsp3) is 0. The second-order valence-corrected chi connectivity index (χ2v) is 17.6. The van der Waals surface area contributed by atoms with E-state index in [1.807, 2.05) is 24.3 Å². The predicted molar refractivity (Wildman–Crippen MR) is 288 cm³/mol. The largest absolute Gasteiger partial charge is 0.455 e. The highest BCUT2D eigenvalue weighted by atomic mass is 16.3. The zero-order valence-electron chi connectivity index (χ0n) is 37.6. The first kappa shape index (κ1) is 40.1. The smallest absolute Gasteiger partial charge is 0.143 e. The summed E-state index contributed by atoms with van der Waals surface area (Å²) >= 11 is 0. The van der Waals surface area contributed by atoms with E-state index in [1.165, 1.54) is 22.3 Å². The van der Waals surface area contributed by atoms with Crippen molar-refractivity contribution in [2.75, 3.05) is 4.90 Å². The molecule has 324 valence electrons. The van der Waals surface area contributed by atoms with Crippen LogP contribution in [0.2, 0.25) is 0 Å². The third kappa shape index (κ3) is 7.34. The second kappa shape index (κ2) is 16.9. The van der Waals surface area contributed by atoms with Gasteiger partial charge >= 0.3 is 0 Å². The van der Waals surface area contributed by atoms with Crippen molar-refractivity contribution < 1.29 is 8.83 Å². The zero-order chi connectivity index (χ0) is 45.7. The van der Waals surface area contributed by atoms with Crippen molar-refractivity contribution in [1.82, 2.24) is 0 Å². The Morgan fingerprint density at radius 1 is 0.203 bits per heavy atom. The van der Waals surface area contributed by atoms with Crippen LogP contribution in [0, 0.1) is 0 Å². The Kier molecular flexibility index (Phi) is 9.84. The Hall–Kier alpha value is -9.18. The predicted octanol–water partition coefficient (Wildman–Crippen LogP) is 19.0. The van der Waals surface area contributed by atoms with Crippen molar-refractivity contribution >= 4 is 60.9 Å². The van der Waals surface area contributed by atoms with Gasteiger partial charge in [-0.2, -0.15) is 0 Å². The molecule has 0 amide bonds. The lowest BCUT2D eigenvalue weighted by molar-refractivity contribution is 0.669. The highest BCUT2D eigenvalue weighted by Crippen LogP contribution is 2.41. The van der Waals surface area contributed by atoms with Crippen LogP contribution in [0.15, 0.2) is 270 Å². The van der Waals surface area contributed by atoms with Crippen LogP contribution in [-0.2, 0) is 0 Å². The number of anilines is 3. The molecule has 0 aliphatic carbocycles.